The van der Waals surface area contributed by atoms with E-state index in [2.05, 4.69) is 31.0 Å². The standard InChI is InChI=1S/C31H40N4O4S2/c1-5-18-34-21-17-26-27(22-34)40-30(28(26)31(37)35(19-6-2)20-7-3)32-29(36)23-13-15-25(16-14-23)41(38,39)33(4)24-11-9-8-10-12-24/h8-16H,5-7,17-22H2,1-4H3,(H,32,36). The fraction of sp³-hybridized carbons (Fsp3) is 0.419. The van der Waals surface area contributed by atoms with Crippen molar-refractivity contribution in [1.29, 1.82) is 0 Å². The Hall–Kier alpha value is -3.21. The van der Waals surface area contributed by atoms with Gasteiger partial charge >= 0.3 is 0 Å². The monoisotopic (exact) mass is 596 g/mol. The fourth-order valence-electron chi connectivity index (χ4n) is 5.18. The number of sulfonamides is 1. The molecule has 1 aliphatic rings. The first-order chi connectivity index (χ1) is 19.7. The van der Waals surface area contributed by atoms with E-state index in [-0.39, 0.29) is 16.7 Å². The van der Waals surface area contributed by atoms with Crippen LogP contribution in [0.1, 0.15) is 71.2 Å². The number of benzene rings is 2. The summed E-state index contributed by atoms with van der Waals surface area (Å²) in [6, 6.07) is 14.8. The molecule has 0 aliphatic carbocycles. The Labute approximate surface area is 248 Å². The van der Waals surface area contributed by atoms with Crippen molar-refractivity contribution in [2.45, 2.75) is 57.9 Å². The highest BCUT2D eigenvalue weighted by Gasteiger charge is 2.31. The maximum Gasteiger partial charge on any atom is 0.264 e. The Morgan fingerprint density at radius 3 is 2.22 bits per heavy atom. The van der Waals surface area contributed by atoms with Gasteiger partial charge in [0.05, 0.1) is 16.1 Å². The van der Waals surface area contributed by atoms with Crippen LogP contribution in [0.15, 0.2) is 59.5 Å². The lowest BCUT2D eigenvalue weighted by Crippen LogP contribution is -2.35. The van der Waals surface area contributed by atoms with E-state index < -0.39 is 10.0 Å². The molecule has 0 unspecified atom stereocenters. The highest BCUT2D eigenvalue weighted by molar-refractivity contribution is 7.92. The zero-order chi connectivity index (χ0) is 29.6. The van der Waals surface area contributed by atoms with E-state index >= 15 is 0 Å². The number of anilines is 2. The minimum atomic E-state index is -3.80. The van der Waals surface area contributed by atoms with E-state index in [1.165, 1.54) is 47.0 Å². The smallest absolute Gasteiger partial charge is 0.264 e. The summed E-state index contributed by atoms with van der Waals surface area (Å²) in [6.45, 7) is 10.3. The predicted octanol–water partition coefficient (Wildman–Crippen LogP) is 5.86. The maximum absolute atomic E-state index is 13.8. The van der Waals surface area contributed by atoms with E-state index in [0.29, 0.717) is 34.9 Å². The number of hydrogen-bond donors (Lipinski definition) is 1. The number of carbonyl (C=O) groups excluding carboxylic acids is 2. The molecule has 2 amide bonds. The highest BCUT2D eigenvalue weighted by Crippen LogP contribution is 2.38. The first-order valence-corrected chi connectivity index (χ1v) is 16.6. The number of fused-ring (bicyclic) bond motifs is 1. The zero-order valence-electron chi connectivity index (χ0n) is 24.4. The minimum Gasteiger partial charge on any atom is -0.339 e. The molecule has 4 rings (SSSR count). The summed E-state index contributed by atoms with van der Waals surface area (Å²) in [5.41, 5.74) is 2.53. The van der Waals surface area contributed by atoms with E-state index in [1.54, 1.807) is 24.3 Å². The molecule has 1 N–H and O–H groups in total. The molecule has 3 aromatic rings. The van der Waals surface area contributed by atoms with Gasteiger partial charge in [-0.05, 0) is 74.2 Å². The zero-order valence-corrected chi connectivity index (χ0v) is 26.0. The van der Waals surface area contributed by atoms with Gasteiger partial charge in [-0.25, -0.2) is 8.42 Å². The van der Waals surface area contributed by atoms with Crippen LogP contribution in [-0.2, 0) is 23.0 Å². The Morgan fingerprint density at radius 1 is 0.951 bits per heavy atom. The third kappa shape index (κ3) is 6.82. The van der Waals surface area contributed by atoms with E-state index in [4.69, 9.17) is 0 Å². The van der Waals surface area contributed by atoms with E-state index in [1.807, 2.05) is 11.0 Å². The van der Waals surface area contributed by atoms with Gasteiger partial charge in [0.15, 0.2) is 0 Å². The van der Waals surface area contributed by atoms with Crippen LogP contribution in [0.3, 0.4) is 0 Å². The van der Waals surface area contributed by atoms with Crippen LogP contribution in [0, 0.1) is 0 Å². The van der Waals surface area contributed by atoms with Crippen LogP contribution >= 0.6 is 11.3 Å². The number of nitrogens with zero attached hydrogens (tertiary/aromatic N) is 3. The summed E-state index contributed by atoms with van der Waals surface area (Å²) in [5, 5.41) is 3.58. The maximum atomic E-state index is 13.8. The molecule has 8 nitrogen and oxygen atoms in total. The molecule has 0 saturated carbocycles. The highest BCUT2D eigenvalue weighted by atomic mass is 32.2. The van der Waals surface area contributed by atoms with Gasteiger partial charge < -0.3 is 10.2 Å². The molecule has 0 radical (unpaired) electrons. The molecule has 0 atom stereocenters. The Morgan fingerprint density at radius 2 is 1.61 bits per heavy atom. The number of para-hydroxylation sites is 1. The van der Waals surface area contributed by atoms with Gasteiger partial charge in [-0.3, -0.25) is 18.8 Å². The molecule has 0 saturated heterocycles. The van der Waals surface area contributed by atoms with Gasteiger partial charge in [0.25, 0.3) is 21.8 Å². The molecule has 220 valence electrons. The third-order valence-electron chi connectivity index (χ3n) is 7.29. The molecule has 0 bridgehead atoms. The Balaban J connectivity index is 1.60. The van der Waals surface area contributed by atoms with Crippen LogP contribution in [0.25, 0.3) is 0 Å². The average Bonchev–Trinajstić information content (AvgIpc) is 3.33. The molecule has 0 fully saturated rings. The second-order valence-electron chi connectivity index (χ2n) is 10.3. The van der Waals surface area contributed by atoms with Gasteiger partial charge in [-0.15, -0.1) is 11.3 Å². The summed E-state index contributed by atoms with van der Waals surface area (Å²) in [6.07, 6.45) is 3.55. The Bertz CT molecular complexity index is 1450. The largest absolute Gasteiger partial charge is 0.339 e. The van der Waals surface area contributed by atoms with Gasteiger partial charge in [0.1, 0.15) is 5.00 Å². The van der Waals surface area contributed by atoms with Crippen molar-refractivity contribution >= 4 is 43.9 Å². The third-order valence-corrected chi connectivity index (χ3v) is 10.2. The van der Waals surface area contributed by atoms with Crippen molar-refractivity contribution in [2.24, 2.45) is 0 Å². The normalized spacial score (nSPS) is 13.5. The second kappa shape index (κ2) is 13.6. The summed E-state index contributed by atoms with van der Waals surface area (Å²) in [7, 11) is -2.29. The van der Waals surface area contributed by atoms with Crippen molar-refractivity contribution in [1.82, 2.24) is 9.80 Å². The fourth-order valence-corrected chi connectivity index (χ4v) is 7.65. The van der Waals surface area contributed by atoms with Crippen LogP contribution in [0.4, 0.5) is 10.7 Å². The van der Waals surface area contributed by atoms with Crippen molar-refractivity contribution in [3.8, 4) is 0 Å². The van der Waals surface area contributed by atoms with Crippen molar-refractivity contribution < 1.29 is 18.0 Å². The lowest BCUT2D eigenvalue weighted by Gasteiger charge is -2.27. The van der Waals surface area contributed by atoms with Gasteiger partial charge in [0, 0.05) is 43.7 Å². The first kappa shape index (κ1) is 30.7. The molecule has 41 heavy (non-hydrogen) atoms. The predicted molar refractivity (Wildman–Crippen MR) is 167 cm³/mol. The molecule has 1 aromatic heterocycles. The molecule has 10 heteroatoms. The first-order valence-electron chi connectivity index (χ1n) is 14.3. The summed E-state index contributed by atoms with van der Waals surface area (Å²) in [4.78, 5) is 32.7. The summed E-state index contributed by atoms with van der Waals surface area (Å²) >= 11 is 1.48. The Kier molecular flexibility index (Phi) is 10.2. The minimum absolute atomic E-state index is 0.0316. The summed E-state index contributed by atoms with van der Waals surface area (Å²) < 4.78 is 27.5. The van der Waals surface area contributed by atoms with Gasteiger partial charge in [0.2, 0.25) is 0 Å². The average molecular weight is 597 g/mol. The number of thiophene rings is 1. The van der Waals surface area contributed by atoms with Crippen LogP contribution in [-0.4, -0.2) is 63.3 Å². The molecular formula is C31H40N4O4S2. The van der Waals surface area contributed by atoms with Crippen LogP contribution < -0.4 is 9.62 Å². The second-order valence-corrected chi connectivity index (χ2v) is 13.4. The van der Waals surface area contributed by atoms with Crippen molar-refractivity contribution in [3.63, 3.8) is 0 Å². The number of rotatable bonds is 12. The number of nitrogens with one attached hydrogen (secondary N) is 1. The molecule has 0 spiro atoms. The molecule has 1 aliphatic heterocycles. The molecular weight excluding hydrogens is 556 g/mol. The van der Waals surface area contributed by atoms with Crippen molar-refractivity contribution in [3.05, 3.63) is 76.2 Å². The molecule has 2 aromatic carbocycles. The van der Waals surface area contributed by atoms with Crippen molar-refractivity contribution in [2.75, 3.05) is 42.8 Å². The topological polar surface area (TPSA) is 90.0 Å². The van der Waals surface area contributed by atoms with Crippen LogP contribution in [0.5, 0.6) is 0 Å². The summed E-state index contributed by atoms with van der Waals surface area (Å²) in [5.74, 6) is -0.406. The lowest BCUT2D eigenvalue weighted by molar-refractivity contribution is 0.0755. The van der Waals surface area contributed by atoms with Gasteiger partial charge in [-0.2, -0.15) is 0 Å². The quantitative estimate of drug-likeness (QED) is 0.283. The number of amides is 2. The van der Waals surface area contributed by atoms with E-state index in [9.17, 15) is 18.0 Å². The SMILES string of the molecule is CCCN1CCc2c(sc(NC(=O)c3ccc(S(=O)(=O)N(C)c4ccccc4)cc3)c2C(=O)N(CCC)CCC)C1. The number of carbonyl (C=O) groups is 2. The van der Waals surface area contributed by atoms with Crippen LogP contribution in [0.2, 0.25) is 0 Å². The molecule has 2 heterocycles. The number of hydrogen-bond acceptors (Lipinski definition) is 6. The van der Waals surface area contributed by atoms with Gasteiger partial charge in [-0.1, -0.05) is 39.0 Å². The lowest BCUT2D eigenvalue weighted by atomic mass is 10.0. The van der Waals surface area contributed by atoms with E-state index in [0.717, 1.165) is 55.8 Å².